The predicted octanol–water partition coefficient (Wildman–Crippen LogP) is 2.53. The average Bonchev–Trinajstić information content (AvgIpc) is 2.96. The quantitative estimate of drug-likeness (QED) is 0.859. The summed E-state index contributed by atoms with van der Waals surface area (Å²) in [6, 6.07) is 0.365. The minimum absolute atomic E-state index is 0.122. The zero-order valence-corrected chi connectivity index (χ0v) is 12.0. The van der Waals surface area contributed by atoms with Crippen molar-refractivity contribution in [2.45, 2.75) is 25.8 Å². The highest BCUT2D eigenvalue weighted by Gasteiger charge is 2.38. The molecular weight excluding hydrogens is 268 g/mol. The Bertz CT molecular complexity index is 474. The second-order valence-electron chi connectivity index (χ2n) is 5.19. The Labute approximate surface area is 116 Å². The maximum Gasteiger partial charge on any atom is 0.265 e. The lowest BCUT2D eigenvalue weighted by molar-refractivity contribution is 0.0580. The van der Waals surface area contributed by atoms with E-state index in [4.69, 9.17) is 11.6 Å². The highest BCUT2D eigenvalue weighted by Crippen LogP contribution is 2.32. The average molecular weight is 285 g/mol. The van der Waals surface area contributed by atoms with Gasteiger partial charge in [0.15, 0.2) is 0 Å². The number of nitrogens with zero attached hydrogens (tertiary/aromatic N) is 1. The molecule has 3 heterocycles. The molecular formula is C13H17ClN2OS. The molecule has 0 aromatic carbocycles. The van der Waals surface area contributed by atoms with Crippen LogP contribution in [0.4, 0.5) is 0 Å². The number of fused-ring (bicyclic) bond motifs is 1. The number of thiophene rings is 1. The van der Waals surface area contributed by atoms with E-state index in [2.05, 4.69) is 5.32 Å². The fourth-order valence-corrected chi connectivity index (χ4v) is 4.25. The van der Waals surface area contributed by atoms with E-state index in [9.17, 15) is 4.79 Å². The third-order valence-corrected chi connectivity index (χ3v) is 5.72. The molecule has 2 aliphatic heterocycles. The second kappa shape index (κ2) is 4.83. The molecule has 0 bridgehead atoms. The summed E-state index contributed by atoms with van der Waals surface area (Å²) < 4.78 is 0. The van der Waals surface area contributed by atoms with E-state index < -0.39 is 0 Å². The summed E-state index contributed by atoms with van der Waals surface area (Å²) in [4.78, 5) is 15.3. The van der Waals surface area contributed by atoms with Gasteiger partial charge in [-0.05, 0) is 36.6 Å². The van der Waals surface area contributed by atoms with E-state index in [0.717, 1.165) is 31.6 Å². The van der Waals surface area contributed by atoms with Crippen molar-refractivity contribution < 1.29 is 4.79 Å². The largest absolute Gasteiger partial charge is 0.333 e. The smallest absolute Gasteiger partial charge is 0.265 e. The first kappa shape index (κ1) is 12.5. The van der Waals surface area contributed by atoms with Gasteiger partial charge in [0, 0.05) is 25.7 Å². The Morgan fingerprint density at radius 3 is 3.11 bits per heavy atom. The van der Waals surface area contributed by atoms with Gasteiger partial charge < -0.3 is 10.2 Å². The van der Waals surface area contributed by atoms with E-state index in [0.29, 0.717) is 21.9 Å². The normalized spacial score (nSPS) is 27.3. The standard InChI is InChI=1S/C13H17ClN2OS/c1-8-7-18-12(11(8)14)13(17)16-4-2-3-9-5-15-6-10(9)16/h7,9-10,15H,2-6H2,1H3/t9-,10+/m0/s1. The van der Waals surface area contributed by atoms with Crippen LogP contribution in [-0.4, -0.2) is 36.5 Å². The van der Waals surface area contributed by atoms with Gasteiger partial charge in [0.2, 0.25) is 0 Å². The first-order chi connectivity index (χ1) is 8.68. The van der Waals surface area contributed by atoms with Crippen molar-refractivity contribution in [3.05, 3.63) is 20.8 Å². The van der Waals surface area contributed by atoms with E-state index in [1.807, 2.05) is 17.2 Å². The molecule has 1 amide bonds. The molecule has 3 rings (SSSR count). The third-order valence-electron chi connectivity index (χ3n) is 4.03. The summed E-state index contributed by atoms with van der Waals surface area (Å²) in [5, 5.41) is 6.00. The molecule has 2 fully saturated rings. The zero-order valence-electron chi connectivity index (χ0n) is 10.4. The Morgan fingerprint density at radius 2 is 2.39 bits per heavy atom. The number of aryl methyl sites for hydroxylation is 1. The van der Waals surface area contributed by atoms with Crippen molar-refractivity contribution in [1.82, 2.24) is 10.2 Å². The number of halogens is 1. The number of likely N-dealkylation sites (tertiary alicyclic amines) is 1. The first-order valence-electron chi connectivity index (χ1n) is 6.43. The molecule has 0 spiro atoms. The van der Waals surface area contributed by atoms with Crippen LogP contribution < -0.4 is 5.32 Å². The lowest BCUT2D eigenvalue weighted by Gasteiger charge is -2.36. The summed E-state index contributed by atoms with van der Waals surface area (Å²) in [5.74, 6) is 0.749. The molecule has 18 heavy (non-hydrogen) atoms. The summed E-state index contributed by atoms with van der Waals surface area (Å²) in [7, 11) is 0. The van der Waals surface area contributed by atoms with Gasteiger partial charge in [-0.3, -0.25) is 4.79 Å². The van der Waals surface area contributed by atoms with Gasteiger partial charge in [-0.15, -0.1) is 11.3 Å². The number of carbonyl (C=O) groups is 1. The van der Waals surface area contributed by atoms with Crippen LogP contribution in [0.1, 0.15) is 28.1 Å². The van der Waals surface area contributed by atoms with Gasteiger partial charge in [0.05, 0.1) is 5.02 Å². The summed E-state index contributed by atoms with van der Waals surface area (Å²) >= 11 is 7.68. The topological polar surface area (TPSA) is 32.3 Å². The molecule has 2 saturated heterocycles. The molecule has 1 aromatic rings. The third kappa shape index (κ3) is 1.96. The molecule has 0 aliphatic carbocycles. The van der Waals surface area contributed by atoms with Crippen LogP contribution in [0.2, 0.25) is 5.02 Å². The summed E-state index contributed by atoms with van der Waals surface area (Å²) in [6.45, 7) is 4.80. The minimum atomic E-state index is 0.122. The van der Waals surface area contributed by atoms with Crippen molar-refractivity contribution in [2.24, 2.45) is 5.92 Å². The van der Waals surface area contributed by atoms with Gasteiger partial charge in [-0.2, -0.15) is 0 Å². The van der Waals surface area contributed by atoms with Crippen LogP contribution in [0.25, 0.3) is 0 Å². The molecule has 0 radical (unpaired) electrons. The fraction of sp³-hybridized carbons (Fsp3) is 0.615. The number of piperidine rings is 1. The lowest BCUT2D eigenvalue weighted by Crippen LogP contribution is -2.48. The molecule has 3 nitrogen and oxygen atoms in total. The van der Waals surface area contributed by atoms with Gasteiger partial charge in [-0.25, -0.2) is 0 Å². The van der Waals surface area contributed by atoms with Gasteiger partial charge >= 0.3 is 0 Å². The van der Waals surface area contributed by atoms with Crippen LogP contribution in [0.3, 0.4) is 0 Å². The van der Waals surface area contributed by atoms with E-state index in [1.54, 1.807) is 0 Å². The SMILES string of the molecule is Cc1csc(C(=O)N2CCC[C@H]3CNC[C@H]32)c1Cl. The fourth-order valence-electron chi connectivity index (χ4n) is 3.02. The van der Waals surface area contributed by atoms with Crippen molar-refractivity contribution in [2.75, 3.05) is 19.6 Å². The maximum atomic E-state index is 12.6. The number of hydrogen-bond acceptors (Lipinski definition) is 3. The summed E-state index contributed by atoms with van der Waals surface area (Å²) in [5.41, 5.74) is 1.00. The van der Waals surface area contributed by atoms with E-state index in [-0.39, 0.29) is 5.91 Å². The van der Waals surface area contributed by atoms with Crippen LogP contribution in [0.15, 0.2) is 5.38 Å². The van der Waals surface area contributed by atoms with Crippen molar-refractivity contribution in [1.29, 1.82) is 0 Å². The van der Waals surface area contributed by atoms with Crippen LogP contribution >= 0.6 is 22.9 Å². The van der Waals surface area contributed by atoms with Crippen molar-refractivity contribution in [3.8, 4) is 0 Å². The molecule has 98 valence electrons. The molecule has 1 aromatic heterocycles. The Hall–Kier alpha value is -0.580. The number of carbonyl (C=O) groups excluding carboxylic acids is 1. The summed E-state index contributed by atoms with van der Waals surface area (Å²) in [6.07, 6.45) is 2.34. The predicted molar refractivity (Wildman–Crippen MR) is 74.5 cm³/mol. The number of rotatable bonds is 1. The molecule has 5 heteroatoms. The first-order valence-corrected chi connectivity index (χ1v) is 7.69. The Balaban J connectivity index is 1.85. The lowest BCUT2D eigenvalue weighted by atomic mass is 9.92. The minimum Gasteiger partial charge on any atom is -0.333 e. The van der Waals surface area contributed by atoms with Gasteiger partial charge in [-0.1, -0.05) is 11.6 Å². The zero-order chi connectivity index (χ0) is 12.7. The van der Waals surface area contributed by atoms with Crippen LogP contribution in [0, 0.1) is 12.8 Å². The Morgan fingerprint density at radius 1 is 1.56 bits per heavy atom. The van der Waals surface area contributed by atoms with Crippen LogP contribution in [-0.2, 0) is 0 Å². The highest BCUT2D eigenvalue weighted by molar-refractivity contribution is 7.13. The monoisotopic (exact) mass is 284 g/mol. The maximum absolute atomic E-state index is 12.6. The van der Waals surface area contributed by atoms with Crippen molar-refractivity contribution in [3.63, 3.8) is 0 Å². The van der Waals surface area contributed by atoms with Gasteiger partial charge in [0.25, 0.3) is 5.91 Å². The van der Waals surface area contributed by atoms with E-state index >= 15 is 0 Å². The molecule has 0 unspecified atom stereocenters. The molecule has 2 atom stereocenters. The number of nitrogens with one attached hydrogen (secondary N) is 1. The number of hydrogen-bond donors (Lipinski definition) is 1. The second-order valence-corrected chi connectivity index (χ2v) is 6.45. The van der Waals surface area contributed by atoms with E-state index in [1.165, 1.54) is 17.8 Å². The van der Waals surface area contributed by atoms with Crippen LogP contribution in [0.5, 0.6) is 0 Å². The van der Waals surface area contributed by atoms with Crippen molar-refractivity contribution >= 4 is 28.8 Å². The molecule has 1 N–H and O–H groups in total. The Kier molecular flexibility index (Phi) is 3.34. The number of amides is 1. The highest BCUT2D eigenvalue weighted by atomic mass is 35.5. The van der Waals surface area contributed by atoms with Gasteiger partial charge in [0.1, 0.15) is 4.88 Å². The molecule has 2 aliphatic rings. The molecule has 0 saturated carbocycles.